The molecule has 4 aromatic carbocycles. The first-order valence-corrected chi connectivity index (χ1v) is 15.1. The highest BCUT2D eigenvalue weighted by Gasteiger charge is 2.35. The first kappa shape index (κ1) is 29.9. The maximum atomic E-state index is 15.1. The summed E-state index contributed by atoms with van der Waals surface area (Å²) in [6, 6.07) is 32.3. The Morgan fingerprint density at radius 3 is 2.24 bits per heavy atom. The van der Waals surface area contributed by atoms with Gasteiger partial charge in [-0.05, 0) is 47.6 Å². The summed E-state index contributed by atoms with van der Waals surface area (Å²) < 4.78 is 37.0. The number of rotatable bonds is 10. The summed E-state index contributed by atoms with van der Waals surface area (Å²) in [6.45, 7) is 0.913. The lowest BCUT2D eigenvalue weighted by molar-refractivity contribution is 0.0716. The first-order valence-electron chi connectivity index (χ1n) is 15.1. The molecule has 6 nitrogen and oxygen atoms in total. The molecule has 0 saturated carbocycles. The van der Waals surface area contributed by atoms with E-state index in [-0.39, 0.29) is 29.7 Å². The third kappa shape index (κ3) is 6.85. The van der Waals surface area contributed by atoms with Crippen molar-refractivity contribution in [2.75, 3.05) is 6.54 Å². The van der Waals surface area contributed by atoms with Gasteiger partial charge in [-0.15, -0.1) is 0 Å². The fourth-order valence-corrected chi connectivity index (χ4v) is 6.02. The van der Waals surface area contributed by atoms with E-state index in [9.17, 15) is 14.0 Å². The number of carbonyl (C=O) groups is 1. The zero-order valence-electron chi connectivity index (χ0n) is 24.7. The number of benzene rings is 4. The minimum atomic E-state index is -0.914. The summed E-state index contributed by atoms with van der Waals surface area (Å²) in [5.41, 5.74) is 2.08. The SMILES string of the molecule is O=C(c1nn(Cc2ccccc2)cc(OCc2ccccc2)c1=O)N1CCC[C@@H]1C[C@H](c1ccccc1)c1cccc(F)c1F. The largest absolute Gasteiger partial charge is 0.483 e. The molecule has 1 aliphatic rings. The molecule has 1 amide bonds. The Kier molecular flexibility index (Phi) is 9.10. The molecule has 1 saturated heterocycles. The highest BCUT2D eigenvalue weighted by Crippen LogP contribution is 2.36. The van der Waals surface area contributed by atoms with E-state index in [1.54, 1.807) is 15.6 Å². The van der Waals surface area contributed by atoms with Crippen LogP contribution in [0.3, 0.4) is 0 Å². The predicted octanol–water partition coefficient (Wildman–Crippen LogP) is 6.98. The number of hydrogen-bond donors (Lipinski definition) is 0. The van der Waals surface area contributed by atoms with Crippen molar-refractivity contribution >= 4 is 5.91 Å². The van der Waals surface area contributed by atoms with E-state index < -0.39 is 28.9 Å². The lowest BCUT2D eigenvalue weighted by Crippen LogP contribution is -2.40. The lowest BCUT2D eigenvalue weighted by atomic mass is 9.85. The van der Waals surface area contributed by atoms with Gasteiger partial charge in [-0.3, -0.25) is 14.3 Å². The van der Waals surface area contributed by atoms with E-state index in [0.717, 1.165) is 22.8 Å². The van der Waals surface area contributed by atoms with Crippen LogP contribution < -0.4 is 10.2 Å². The Morgan fingerprint density at radius 1 is 0.867 bits per heavy atom. The quantitative estimate of drug-likeness (QED) is 0.172. The standard InChI is InChI=1S/C37H33F2N3O3/c38-32-20-10-19-30(34(32)39)31(28-16-8-3-9-17-28)22-29-18-11-21-42(29)37(44)35-36(43)33(45-25-27-14-6-2-7-15-27)24-41(40-35)23-26-12-4-1-5-13-26/h1-10,12-17,19-20,24,29,31H,11,18,21-23,25H2/t29-,31-/m1/s1. The second-order valence-electron chi connectivity index (χ2n) is 11.3. The lowest BCUT2D eigenvalue weighted by Gasteiger charge is -2.29. The summed E-state index contributed by atoms with van der Waals surface area (Å²) in [4.78, 5) is 29.5. The monoisotopic (exact) mass is 605 g/mol. The van der Waals surface area contributed by atoms with Crippen molar-refractivity contribution in [3.05, 3.63) is 165 Å². The van der Waals surface area contributed by atoms with Crippen molar-refractivity contribution in [2.24, 2.45) is 0 Å². The minimum absolute atomic E-state index is 0.0351. The minimum Gasteiger partial charge on any atom is -0.483 e. The molecular formula is C37H33F2N3O3. The van der Waals surface area contributed by atoms with Crippen molar-refractivity contribution in [2.45, 2.75) is 44.4 Å². The second-order valence-corrected chi connectivity index (χ2v) is 11.3. The number of halogens is 2. The van der Waals surface area contributed by atoms with Crippen LogP contribution in [0, 0.1) is 11.6 Å². The maximum Gasteiger partial charge on any atom is 0.278 e. The average Bonchev–Trinajstić information content (AvgIpc) is 3.54. The van der Waals surface area contributed by atoms with Crippen molar-refractivity contribution in [1.29, 1.82) is 0 Å². The van der Waals surface area contributed by atoms with Crippen molar-refractivity contribution in [3.63, 3.8) is 0 Å². The van der Waals surface area contributed by atoms with E-state index in [4.69, 9.17) is 4.74 Å². The van der Waals surface area contributed by atoms with Gasteiger partial charge in [0.15, 0.2) is 23.1 Å². The maximum absolute atomic E-state index is 15.1. The number of amides is 1. The molecule has 45 heavy (non-hydrogen) atoms. The van der Waals surface area contributed by atoms with Crippen LogP contribution in [0.2, 0.25) is 0 Å². The second kappa shape index (κ2) is 13.7. The molecule has 6 rings (SSSR count). The van der Waals surface area contributed by atoms with Gasteiger partial charge in [-0.25, -0.2) is 8.78 Å². The van der Waals surface area contributed by atoms with Crippen LogP contribution in [0.25, 0.3) is 0 Å². The molecule has 0 unspecified atom stereocenters. The van der Waals surface area contributed by atoms with E-state index in [1.807, 2.05) is 91.0 Å². The summed E-state index contributed by atoms with van der Waals surface area (Å²) in [6.07, 6.45) is 3.27. The van der Waals surface area contributed by atoms with Crippen molar-refractivity contribution in [3.8, 4) is 5.75 Å². The summed E-state index contributed by atoms with van der Waals surface area (Å²) in [5, 5.41) is 4.51. The first-order chi connectivity index (χ1) is 22.0. The highest BCUT2D eigenvalue weighted by molar-refractivity contribution is 5.92. The Balaban J connectivity index is 1.32. The molecule has 0 radical (unpaired) electrons. The third-order valence-electron chi connectivity index (χ3n) is 8.27. The molecule has 0 spiro atoms. The van der Waals surface area contributed by atoms with Crippen LogP contribution in [0.15, 0.2) is 120 Å². The number of ether oxygens (including phenoxy) is 1. The van der Waals surface area contributed by atoms with Gasteiger partial charge < -0.3 is 9.64 Å². The number of hydrogen-bond acceptors (Lipinski definition) is 4. The zero-order valence-corrected chi connectivity index (χ0v) is 24.7. The third-order valence-corrected chi connectivity index (χ3v) is 8.27. The molecular weight excluding hydrogens is 572 g/mol. The number of likely N-dealkylation sites (tertiary alicyclic amines) is 1. The van der Waals surface area contributed by atoms with E-state index >= 15 is 4.39 Å². The van der Waals surface area contributed by atoms with Crippen molar-refractivity contribution in [1.82, 2.24) is 14.7 Å². The van der Waals surface area contributed by atoms with Gasteiger partial charge >= 0.3 is 0 Å². The Morgan fingerprint density at radius 2 is 1.53 bits per heavy atom. The van der Waals surface area contributed by atoms with Gasteiger partial charge in [0.25, 0.3) is 11.3 Å². The molecule has 0 aliphatic carbocycles. The molecule has 2 atom stereocenters. The van der Waals surface area contributed by atoms with Crippen LogP contribution in [0.1, 0.15) is 57.9 Å². The molecule has 8 heteroatoms. The molecule has 1 fully saturated rings. The van der Waals surface area contributed by atoms with Crippen LogP contribution in [0.4, 0.5) is 8.78 Å². The molecule has 0 bridgehead atoms. The number of carbonyl (C=O) groups excluding carboxylic acids is 1. The average molecular weight is 606 g/mol. The van der Waals surface area contributed by atoms with E-state index in [0.29, 0.717) is 32.4 Å². The fourth-order valence-electron chi connectivity index (χ4n) is 6.02. The summed E-state index contributed by atoms with van der Waals surface area (Å²) >= 11 is 0. The van der Waals surface area contributed by atoms with Gasteiger partial charge in [-0.2, -0.15) is 5.10 Å². The fraction of sp³-hybridized carbons (Fsp3) is 0.216. The smallest absolute Gasteiger partial charge is 0.278 e. The van der Waals surface area contributed by atoms with Gasteiger partial charge in [0.05, 0.1) is 12.7 Å². The van der Waals surface area contributed by atoms with Gasteiger partial charge in [0.1, 0.15) is 6.61 Å². The Hall–Kier alpha value is -5.11. The molecule has 1 aliphatic heterocycles. The normalized spacial score (nSPS) is 15.2. The molecule has 0 N–H and O–H groups in total. The summed E-state index contributed by atoms with van der Waals surface area (Å²) in [5.74, 6) is -2.77. The Labute approximate surface area is 260 Å². The molecule has 2 heterocycles. The van der Waals surface area contributed by atoms with Crippen LogP contribution in [-0.2, 0) is 13.2 Å². The van der Waals surface area contributed by atoms with Crippen LogP contribution in [-0.4, -0.2) is 33.2 Å². The van der Waals surface area contributed by atoms with Gasteiger partial charge in [0, 0.05) is 18.5 Å². The van der Waals surface area contributed by atoms with E-state index in [2.05, 4.69) is 5.10 Å². The van der Waals surface area contributed by atoms with Crippen molar-refractivity contribution < 1.29 is 18.3 Å². The predicted molar refractivity (Wildman–Crippen MR) is 168 cm³/mol. The van der Waals surface area contributed by atoms with Gasteiger partial charge in [-0.1, -0.05) is 103 Å². The summed E-state index contributed by atoms with van der Waals surface area (Å²) in [7, 11) is 0. The molecule has 5 aromatic rings. The van der Waals surface area contributed by atoms with E-state index in [1.165, 1.54) is 12.3 Å². The van der Waals surface area contributed by atoms with Crippen LogP contribution >= 0.6 is 0 Å². The molecule has 228 valence electrons. The zero-order chi connectivity index (χ0) is 31.2. The highest BCUT2D eigenvalue weighted by atomic mass is 19.2. The Bertz CT molecular complexity index is 1810. The van der Waals surface area contributed by atoms with Gasteiger partial charge in [0.2, 0.25) is 0 Å². The topological polar surface area (TPSA) is 64.4 Å². The number of nitrogens with zero attached hydrogens (tertiary/aromatic N) is 3. The molecule has 1 aromatic heterocycles. The van der Waals surface area contributed by atoms with Crippen LogP contribution in [0.5, 0.6) is 5.75 Å². The number of aromatic nitrogens is 2.